The summed E-state index contributed by atoms with van der Waals surface area (Å²) in [6, 6.07) is 9.47. The quantitative estimate of drug-likeness (QED) is 0.445. The number of hydrogen-bond donors (Lipinski definition) is 1. The van der Waals surface area contributed by atoms with Crippen LogP contribution in [0.3, 0.4) is 0 Å². The second kappa shape index (κ2) is 7.88. The van der Waals surface area contributed by atoms with Crippen LogP contribution in [-0.4, -0.2) is 42.8 Å². The molecule has 7 nitrogen and oxygen atoms in total. The number of para-hydroxylation sites is 1. The van der Waals surface area contributed by atoms with E-state index in [9.17, 15) is 22.8 Å². The van der Waals surface area contributed by atoms with Crippen LogP contribution in [0.25, 0.3) is 33.1 Å². The average molecular weight is 460 g/mol. The van der Waals surface area contributed by atoms with E-state index in [1.54, 1.807) is 18.2 Å². The summed E-state index contributed by atoms with van der Waals surface area (Å²) in [7, 11) is 5.52. The Bertz CT molecular complexity index is 1440. The molecule has 33 heavy (non-hydrogen) atoms. The van der Waals surface area contributed by atoms with Crippen molar-refractivity contribution >= 4 is 27.6 Å². The number of pyridine rings is 1. The van der Waals surface area contributed by atoms with Crippen molar-refractivity contribution in [2.75, 3.05) is 21.3 Å². The average Bonchev–Trinajstić information content (AvgIpc) is 3.08. The summed E-state index contributed by atoms with van der Waals surface area (Å²) in [5.41, 5.74) is -0.401. The van der Waals surface area contributed by atoms with Gasteiger partial charge in [-0.1, -0.05) is 12.1 Å². The number of H-pyrrole nitrogens is 1. The Morgan fingerprint density at radius 3 is 2.15 bits per heavy atom. The molecule has 0 saturated heterocycles. The predicted molar refractivity (Wildman–Crippen MR) is 117 cm³/mol. The van der Waals surface area contributed by atoms with Crippen molar-refractivity contribution in [3.8, 4) is 28.5 Å². The van der Waals surface area contributed by atoms with Gasteiger partial charge in [0.05, 0.1) is 37.9 Å². The number of nitrogens with zero attached hydrogens (tertiary/aromatic N) is 1. The van der Waals surface area contributed by atoms with Crippen LogP contribution in [-0.2, 0) is 7.05 Å². The number of Topliss-reactive ketones (excluding diaryl/α,β-unsaturated/α-hetero) is 1. The molecule has 0 radical (unpaired) electrons. The van der Waals surface area contributed by atoms with Gasteiger partial charge in [0.25, 0.3) is 5.78 Å². The maximum Gasteiger partial charge on any atom is 0.456 e. The number of fused-ring (bicyclic) bond motifs is 2. The summed E-state index contributed by atoms with van der Waals surface area (Å²) in [4.78, 5) is 28.7. The zero-order valence-electron chi connectivity index (χ0n) is 18.1. The van der Waals surface area contributed by atoms with Crippen molar-refractivity contribution in [3.63, 3.8) is 0 Å². The van der Waals surface area contributed by atoms with Gasteiger partial charge in [-0.15, -0.1) is 0 Å². The fourth-order valence-electron chi connectivity index (χ4n) is 4.04. The van der Waals surface area contributed by atoms with Gasteiger partial charge in [-0.3, -0.25) is 9.59 Å². The van der Waals surface area contributed by atoms with E-state index in [4.69, 9.17) is 14.2 Å². The molecule has 0 aliphatic heterocycles. The summed E-state index contributed by atoms with van der Waals surface area (Å²) in [5.74, 6) is -1.32. The number of hydrogen-bond acceptors (Lipinski definition) is 5. The van der Waals surface area contributed by atoms with E-state index in [0.29, 0.717) is 11.1 Å². The minimum atomic E-state index is -5.18. The Morgan fingerprint density at radius 2 is 1.61 bits per heavy atom. The molecule has 2 aromatic carbocycles. The first-order chi connectivity index (χ1) is 15.6. The molecule has 172 valence electrons. The highest BCUT2D eigenvalue weighted by Crippen LogP contribution is 2.43. The zero-order chi connectivity index (χ0) is 24.1. The van der Waals surface area contributed by atoms with Crippen molar-refractivity contribution in [1.82, 2.24) is 9.55 Å². The number of ketones is 1. The Kier molecular flexibility index (Phi) is 5.31. The minimum Gasteiger partial charge on any atom is -0.493 e. The zero-order valence-corrected chi connectivity index (χ0v) is 18.1. The molecule has 1 N–H and O–H groups in total. The molecule has 0 saturated carbocycles. The number of benzene rings is 2. The van der Waals surface area contributed by atoms with Crippen LogP contribution >= 0.6 is 0 Å². The molecule has 4 rings (SSSR count). The maximum absolute atomic E-state index is 13.5. The van der Waals surface area contributed by atoms with Gasteiger partial charge < -0.3 is 23.8 Å². The van der Waals surface area contributed by atoms with E-state index in [1.807, 2.05) is 0 Å². The van der Waals surface area contributed by atoms with Gasteiger partial charge in [0.1, 0.15) is 5.69 Å². The number of halogens is 3. The highest BCUT2D eigenvalue weighted by atomic mass is 19.4. The summed E-state index contributed by atoms with van der Waals surface area (Å²) >= 11 is 0. The van der Waals surface area contributed by atoms with Gasteiger partial charge in [0, 0.05) is 23.5 Å². The number of rotatable bonds is 5. The fourth-order valence-corrected chi connectivity index (χ4v) is 4.04. The molecule has 0 aliphatic carbocycles. The van der Waals surface area contributed by atoms with E-state index < -0.39 is 23.1 Å². The summed E-state index contributed by atoms with van der Waals surface area (Å²) in [6.07, 6.45) is -5.18. The van der Waals surface area contributed by atoms with Crippen molar-refractivity contribution < 1.29 is 32.2 Å². The number of carbonyl (C=O) groups excluding carboxylic acids is 1. The lowest BCUT2D eigenvalue weighted by molar-refractivity contribution is -0.0889. The largest absolute Gasteiger partial charge is 0.493 e. The Labute approximate surface area is 185 Å². The van der Waals surface area contributed by atoms with E-state index in [1.165, 1.54) is 46.6 Å². The van der Waals surface area contributed by atoms with Gasteiger partial charge in [0.15, 0.2) is 16.9 Å². The van der Waals surface area contributed by atoms with Crippen LogP contribution < -0.4 is 19.6 Å². The first-order valence-corrected chi connectivity index (χ1v) is 9.69. The standard InChI is InChI=1S/C23H19F3N2O5/c1-28-18(11-9-14(31-2)21(33-4)15(10-11)32-3)17-16(19(28)22(30)23(24,25)26)20(29)12-7-5-6-8-13(12)27-17/h5-10,27H,1-4H3. The second-order valence-electron chi connectivity index (χ2n) is 7.25. The van der Waals surface area contributed by atoms with E-state index in [-0.39, 0.29) is 39.2 Å². The number of nitrogens with one attached hydrogen (secondary N) is 1. The predicted octanol–water partition coefficient (Wildman–Crippen LogP) is 4.46. The number of methoxy groups -OCH3 is 3. The number of aromatic amines is 1. The van der Waals surface area contributed by atoms with Crippen LogP contribution in [0, 0.1) is 0 Å². The molecular formula is C23H19F3N2O5. The van der Waals surface area contributed by atoms with Crippen molar-refractivity contribution in [3.05, 3.63) is 52.3 Å². The number of ether oxygens (including phenoxy) is 3. The van der Waals surface area contributed by atoms with Crippen LogP contribution in [0.4, 0.5) is 13.2 Å². The molecular weight excluding hydrogens is 441 g/mol. The molecule has 0 amide bonds. The van der Waals surface area contributed by atoms with Gasteiger partial charge in [-0.25, -0.2) is 0 Å². The third-order valence-corrected chi connectivity index (χ3v) is 5.46. The van der Waals surface area contributed by atoms with Gasteiger partial charge >= 0.3 is 6.18 Å². The Hall–Kier alpha value is -3.95. The summed E-state index contributed by atoms with van der Waals surface area (Å²) in [6.45, 7) is 0. The topological polar surface area (TPSA) is 82.6 Å². The van der Waals surface area contributed by atoms with Crippen LogP contribution in [0.5, 0.6) is 17.2 Å². The van der Waals surface area contributed by atoms with E-state index >= 15 is 0 Å². The lowest BCUT2D eigenvalue weighted by atomic mass is 10.1. The van der Waals surface area contributed by atoms with Crippen LogP contribution in [0.15, 0.2) is 41.2 Å². The smallest absolute Gasteiger partial charge is 0.456 e. The summed E-state index contributed by atoms with van der Waals surface area (Å²) in [5, 5.41) is -0.175. The molecule has 2 aromatic heterocycles. The number of carbonyl (C=O) groups is 1. The maximum atomic E-state index is 13.5. The molecule has 0 spiro atoms. The highest BCUT2D eigenvalue weighted by Gasteiger charge is 2.43. The molecule has 10 heteroatoms. The minimum absolute atomic E-state index is 0.0862. The summed E-state index contributed by atoms with van der Waals surface area (Å²) < 4.78 is 57.6. The second-order valence-corrected chi connectivity index (χ2v) is 7.25. The van der Waals surface area contributed by atoms with Gasteiger partial charge in [-0.05, 0) is 24.3 Å². The van der Waals surface area contributed by atoms with Crippen LogP contribution in [0.2, 0.25) is 0 Å². The van der Waals surface area contributed by atoms with E-state index in [0.717, 1.165) is 4.57 Å². The first kappa shape index (κ1) is 22.3. The molecule has 0 fully saturated rings. The van der Waals surface area contributed by atoms with Gasteiger partial charge in [-0.2, -0.15) is 13.2 Å². The van der Waals surface area contributed by atoms with Crippen molar-refractivity contribution in [1.29, 1.82) is 0 Å². The van der Waals surface area contributed by atoms with Crippen molar-refractivity contribution in [2.24, 2.45) is 7.05 Å². The molecule has 0 unspecified atom stereocenters. The first-order valence-electron chi connectivity index (χ1n) is 9.69. The molecule has 0 bridgehead atoms. The number of aromatic nitrogens is 2. The van der Waals surface area contributed by atoms with Gasteiger partial charge in [0.2, 0.25) is 5.75 Å². The molecule has 0 aliphatic rings. The normalized spacial score (nSPS) is 11.7. The van der Waals surface area contributed by atoms with E-state index in [2.05, 4.69) is 4.98 Å². The van der Waals surface area contributed by atoms with Crippen LogP contribution in [0.1, 0.15) is 10.5 Å². The Balaban J connectivity index is 2.20. The lowest BCUT2D eigenvalue weighted by Gasteiger charge is -2.15. The number of alkyl halides is 3. The third kappa shape index (κ3) is 3.38. The highest BCUT2D eigenvalue weighted by molar-refractivity contribution is 6.14. The fraction of sp³-hybridized carbons (Fsp3) is 0.217. The third-order valence-electron chi connectivity index (χ3n) is 5.46. The molecule has 4 aromatic rings. The monoisotopic (exact) mass is 460 g/mol. The molecule has 0 atom stereocenters. The SMILES string of the molecule is COc1cc(-c2c3[nH]c4ccccc4c(=O)c3c(C(=O)C(F)(F)F)n2C)cc(OC)c1OC. The van der Waals surface area contributed by atoms with Crippen molar-refractivity contribution in [2.45, 2.75) is 6.18 Å². The Morgan fingerprint density at radius 1 is 1.00 bits per heavy atom. The molecule has 2 heterocycles. The lowest BCUT2D eigenvalue weighted by Crippen LogP contribution is -2.26.